The Morgan fingerprint density at radius 3 is 2.29 bits per heavy atom. The van der Waals surface area contributed by atoms with Crippen LogP contribution in [0.2, 0.25) is 0 Å². The predicted molar refractivity (Wildman–Crippen MR) is 149 cm³/mol. The number of aliphatic hydroxyl groups excluding tert-OH is 1. The van der Waals surface area contributed by atoms with E-state index >= 15 is 0 Å². The van der Waals surface area contributed by atoms with Crippen molar-refractivity contribution in [1.29, 1.82) is 0 Å². The molecule has 9 heteroatoms. The molecule has 2 aromatic heterocycles. The number of phenolic OH excluding ortho intramolecular Hbond substituents is 1. The minimum atomic E-state index is -0.788. The Labute approximate surface area is 218 Å². The zero-order valence-electron chi connectivity index (χ0n) is 20.9. The number of aliphatic hydroxyl groups is 1. The van der Waals surface area contributed by atoms with Gasteiger partial charge in [0.25, 0.3) is 5.56 Å². The van der Waals surface area contributed by atoms with Gasteiger partial charge in [0.2, 0.25) is 5.56 Å². The third-order valence-corrected chi connectivity index (χ3v) is 6.48. The van der Waals surface area contributed by atoms with Gasteiger partial charge < -0.3 is 25.8 Å². The van der Waals surface area contributed by atoms with Crippen LogP contribution in [-0.4, -0.2) is 38.1 Å². The molecule has 1 unspecified atom stereocenters. The quantitative estimate of drug-likeness (QED) is 0.167. The first-order valence-electron chi connectivity index (χ1n) is 12.4. The summed E-state index contributed by atoms with van der Waals surface area (Å²) in [6.07, 6.45) is 0.00314. The molecule has 0 spiro atoms. The summed E-state index contributed by atoms with van der Waals surface area (Å²) < 4.78 is 1.75. The van der Waals surface area contributed by atoms with E-state index in [2.05, 4.69) is 32.8 Å². The van der Waals surface area contributed by atoms with E-state index in [1.54, 1.807) is 22.9 Å². The van der Waals surface area contributed by atoms with Crippen LogP contribution in [0.5, 0.6) is 5.75 Å². The van der Waals surface area contributed by atoms with Gasteiger partial charge in [-0.15, -0.1) is 0 Å². The monoisotopic (exact) mass is 511 g/mol. The van der Waals surface area contributed by atoms with E-state index in [0.29, 0.717) is 29.6 Å². The number of fused-ring (bicyclic) bond motifs is 1. The highest BCUT2D eigenvalue weighted by Gasteiger charge is 2.13. The summed E-state index contributed by atoms with van der Waals surface area (Å²) in [4.78, 5) is 25.7. The summed E-state index contributed by atoms with van der Waals surface area (Å²) in [5, 5.41) is 30.8. The van der Waals surface area contributed by atoms with Crippen LogP contribution in [0.15, 0.2) is 88.5 Å². The fourth-order valence-electron chi connectivity index (χ4n) is 4.50. The van der Waals surface area contributed by atoms with E-state index in [1.807, 2.05) is 43.3 Å². The summed E-state index contributed by atoms with van der Waals surface area (Å²) in [7, 11) is 0. The fraction of sp³-hybridized carbons (Fsp3) is 0.172. The van der Waals surface area contributed by atoms with Gasteiger partial charge in [0.05, 0.1) is 17.3 Å². The lowest BCUT2D eigenvalue weighted by Crippen LogP contribution is -2.24. The topological polar surface area (TPSA) is 135 Å². The van der Waals surface area contributed by atoms with Crippen LogP contribution in [-0.2, 0) is 6.42 Å². The molecule has 0 amide bonds. The molecule has 194 valence electrons. The molecule has 0 bridgehead atoms. The molecule has 0 aliphatic carbocycles. The number of phenols is 1. The summed E-state index contributed by atoms with van der Waals surface area (Å²) in [5.74, 6) is -0.0267. The van der Waals surface area contributed by atoms with Crippen LogP contribution in [0, 0.1) is 6.92 Å². The molecular formula is C29H29N5O4. The van der Waals surface area contributed by atoms with Crippen molar-refractivity contribution in [3.05, 3.63) is 116 Å². The number of nitrogens with one attached hydrogen (secondary N) is 4. The Kier molecular flexibility index (Phi) is 7.12. The maximum Gasteiger partial charge on any atom is 0.264 e. The van der Waals surface area contributed by atoms with Crippen LogP contribution in [0.3, 0.4) is 0 Å². The molecule has 0 saturated heterocycles. The predicted octanol–water partition coefficient (Wildman–Crippen LogP) is 3.63. The maximum absolute atomic E-state index is 11.6. The number of aromatic hydroxyl groups is 1. The lowest BCUT2D eigenvalue weighted by atomic mass is 10.0. The third-order valence-electron chi connectivity index (χ3n) is 6.48. The highest BCUT2D eigenvalue weighted by atomic mass is 16.3. The molecule has 5 aromatic rings. The first-order valence-corrected chi connectivity index (χ1v) is 12.4. The minimum Gasteiger partial charge on any atom is -0.506 e. The van der Waals surface area contributed by atoms with Gasteiger partial charge >= 0.3 is 0 Å². The Morgan fingerprint density at radius 2 is 1.61 bits per heavy atom. The second-order valence-electron chi connectivity index (χ2n) is 9.22. The van der Waals surface area contributed by atoms with Crippen LogP contribution in [0.25, 0.3) is 16.6 Å². The van der Waals surface area contributed by atoms with Gasteiger partial charge in [0, 0.05) is 41.1 Å². The molecule has 0 aliphatic rings. The molecule has 0 fully saturated rings. The first-order chi connectivity index (χ1) is 18.4. The van der Waals surface area contributed by atoms with Gasteiger partial charge in [-0.2, -0.15) is 0 Å². The third kappa shape index (κ3) is 5.54. The zero-order valence-corrected chi connectivity index (χ0v) is 20.9. The van der Waals surface area contributed by atoms with Gasteiger partial charge in [-0.3, -0.25) is 19.4 Å². The molecule has 6 N–H and O–H groups in total. The number of aromatic amines is 2. The van der Waals surface area contributed by atoms with Crippen molar-refractivity contribution in [2.24, 2.45) is 0 Å². The molecule has 3 aromatic carbocycles. The average molecular weight is 512 g/mol. The van der Waals surface area contributed by atoms with Gasteiger partial charge in [-0.25, -0.2) is 0 Å². The van der Waals surface area contributed by atoms with E-state index in [0.717, 1.165) is 34.7 Å². The van der Waals surface area contributed by atoms with Crippen molar-refractivity contribution in [2.75, 3.05) is 18.4 Å². The zero-order chi connectivity index (χ0) is 26.6. The van der Waals surface area contributed by atoms with Crippen LogP contribution < -0.4 is 21.8 Å². The Hall–Kier alpha value is -4.60. The number of nitrogens with zero attached hydrogens (tertiary/aromatic N) is 1. The summed E-state index contributed by atoms with van der Waals surface area (Å²) in [5.41, 5.74) is 5.33. The molecule has 0 radical (unpaired) electrons. The van der Waals surface area contributed by atoms with Crippen molar-refractivity contribution in [3.63, 3.8) is 0 Å². The lowest BCUT2D eigenvalue weighted by Gasteiger charge is -2.15. The molecular weight excluding hydrogens is 482 g/mol. The van der Waals surface area contributed by atoms with E-state index in [4.69, 9.17) is 0 Å². The standard InChI is InChI=1S/C29H29N5O4/c1-18-16-28(38)33-34(18)22-8-6-21(7-9-22)31-20-4-2-19(3-5-20)14-15-30-17-26(36)23-10-12-25(35)29-24(23)11-13-27(37)32-29/h2-13,16,26,30-31,35-36H,14-15,17H2,1H3,(H,32,37)(H,33,38). The number of benzene rings is 3. The van der Waals surface area contributed by atoms with Crippen LogP contribution >= 0.6 is 0 Å². The minimum absolute atomic E-state index is 0.0267. The van der Waals surface area contributed by atoms with Crippen LogP contribution in [0.4, 0.5) is 11.4 Å². The van der Waals surface area contributed by atoms with Crippen molar-refractivity contribution in [2.45, 2.75) is 19.4 Å². The van der Waals surface area contributed by atoms with E-state index < -0.39 is 6.10 Å². The Balaban J connectivity index is 1.13. The lowest BCUT2D eigenvalue weighted by molar-refractivity contribution is 0.176. The molecule has 5 rings (SSSR count). The second kappa shape index (κ2) is 10.8. The number of hydrogen-bond donors (Lipinski definition) is 6. The summed E-state index contributed by atoms with van der Waals surface area (Å²) >= 11 is 0. The molecule has 1 atom stereocenters. The number of anilines is 2. The smallest absolute Gasteiger partial charge is 0.264 e. The number of aryl methyl sites for hydroxylation is 1. The summed E-state index contributed by atoms with van der Waals surface area (Å²) in [6.45, 7) is 2.90. The van der Waals surface area contributed by atoms with Crippen molar-refractivity contribution in [1.82, 2.24) is 20.1 Å². The van der Waals surface area contributed by atoms with E-state index in [9.17, 15) is 19.8 Å². The Bertz CT molecular complexity index is 1670. The molecule has 2 heterocycles. The highest BCUT2D eigenvalue weighted by molar-refractivity contribution is 5.87. The van der Waals surface area contributed by atoms with Crippen molar-refractivity contribution < 1.29 is 10.2 Å². The first kappa shape index (κ1) is 25.1. The Morgan fingerprint density at radius 1 is 0.895 bits per heavy atom. The highest BCUT2D eigenvalue weighted by Crippen LogP contribution is 2.28. The van der Waals surface area contributed by atoms with Gasteiger partial charge in [-0.1, -0.05) is 18.2 Å². The van der Waals surface area contributed by atoms with Crippen LogP contribution in [0.1, 0.15) is 22.9 Å². The van der Waals surface area contributed by atoms with E-state index in [1.165, 1.54) is 12.1 Å². The SMILES string of the molecule is Cc1cc(=O)[nH]n1-c1ccc(Nc2ccc(CCNCC(O)c3ccc(O)c4[nH]c(=O)ccc34)cc2)cc1. The van der Waals surface area contributed by atoms with Crippen molar-refractivity contribution in [3.8, 4) is 11.4 Å². The van der Waals surface area contributed by atoms with E-state index in [-0.39, 0.29) is 16.9 Å². The summed E-state index contributed by atoms with van der Waals surface area (Å²) in [6, 6.07) is 23.7. The number of H-pyrrole nitrogens is 2. The molecule has 0 aliphatic heterocycles. The normalized spacial score (nSPS) is 12.1. The largest absolute Gasteiger partial charge is 0.506 e. The van der Waals surface area contributed by atoms with Gasteiger partial charge in [0.15, 0.2) is 0 Å². The molecule has 0 saturated carbocycles. The fourth-order valence-corrected chi connectivity index (χ4v) is 4.50. The molecule has 38 heavy (non-hydrogen) atoms. The second-order valence-corrected chi connectivity index (χ2v) is 9.22. The number of hydrogen-bond acceptors (Lipinski definition) is 6. The van der Waals surface area contributed by atoms with Gasteiger partial charge in [0.1, 0.15) is 5.75 Å². The number of pyridine rings is 1. The molecule has 9 nitrogen and oxygen atoms in total. The van der Waals surface area contributed by atoms with Gasteiger partial charge in [-0.05, 0) is 79.5 Å². The number of aromatic nitrogens is 3. The number of rotatable bonds is 9. The maximum atomic E-state index is 11.6. The van der Waals surface area contributed by atoms with Crippen molar-refractivity contribution >= 4 is 22.3 Å². The average Bonchev–Trinajstić information content (AvgIpc) is 3.26.